The van der Waals surface area contributed by atoms with Crippen molar-refractivity contribution in [2.75, 3.05) is 5.75 Å². The molecule has 0 amide bonds. The maximum atomic E-state index is 6.51. The van der Waals surface area contributed by atoms with Gasteiger partial charge in [-0.2, -0.15) is 11.8 Å². The third kappa shape index (κ3) is 4.16. The average molecular weight is 269 g/mol. The molecular formula is C16H31NS. The molecule has 0 saturated heterocycles. The molecule has 2 saturated carbocycles. The van der Waals surface area contributed by atoms with Crippen LogP contribution < -0.4 is 5.73 Å². The molecule has 3 unspecified atom stereocenters. The maximum Gasteiger partial charge on any atom is 0.0161 e. The molecule has 0 aromatic heterocycles. The standard InChI is InChI=1S/C16H31NS/c1-2-13-8-6-7-11-15(13)16(17)12-18-14-9-4-3-5-10-14/h13-16H,2-12,17H2,1H3. The first-order chi connectivity index (χ1) is 8.81. The Labute approximate surface area is 118 Å². The zero-order chi connectivity index (χ0) is 12.8. The maximum absolute atomic E-state index is 6.51. The highest BCUT2D eigenvalue weighted by atomic mass is 32.2. The molecule has 106 valence electrons. The lowest BCUT2D eigenvalue weighted by atomic mass is 9.75. The quantitative estimate of drug-likeness (QED) is 0.789. The van der Waals surface area contributed by atoms with E-state index >= 15 is 0 Å². The molecular weight excluding hydrogens is 238 g/mol. The first kappa shape index (κ1) is 14.7. The van der Waals surface area contributed by atoms with Crippen LogP contribution >= 0.6 is 11.8 Å². The molecule has 0 aromatic rings. The van der Waals surface area contributed by atoms with Gasteiger partial charge >= 0.3 is 0 Å². The Morgan fingerprint density at radius 3 is 2.39 bits per heavy atom. The molecule has 0 spiro atoms. The summed E-state index contributed by atoms with van der Waals surface area (Å²) < 4.78 is 0. The van der Waals surface area contributed by atoms with Gasteiger partial charge in [0.05, 0.1) is 0 Å². The van der Waals surface area contributed by atoms with Gasteiger partial charge in [-0.05, 0) is 31.1 Å². The van der Waals surface area contributed by atoms with Crippen LogP contribution in [0.3, 0.4) is 0 Å². The van der Waals surface area contributed by atoms with E-state index in [1.165, 1.54) is 70.0 Å². The van der Waals surface area contributed by atoms with Crippen molar-refractivity contribution in [3.05, 3.63) is 0 Å². The van der Waals surface area contributed by atoms with Crippen molar-refractivity contribution in [1.29, 1.82) is 0 Å². The van der Waals surface area contributed by atoms with Crippen LogP contribution in [0.1, 0.15) is 71.1 Å². The Bertz CT molecular complexity index is 225. The van der Waals surface area contributed by atoms with Crippen molar-refractivity contribution in [3.63, 3.8) is 0 Å². The van der Waals surface area contributed by atoms with Gasteiger partial charge in [0, 0.05) is 17.0 Å². The van der Waals surface area contributed by atoms with E-state index in [2.05, 4.69) is 18.7 Å². The third-order valence-corrected chi connectivity index (χ3v) is 6.64. The summed E-state index contributed by atoms with van der Waals surface area (Å²) in [5.74, 6) is 2.95. The predicted octanol–water partition coefficient (Wildman–Crippen LogP) is 4.60. The molecule has 2 heteroatoms. The van der Waals surface area contributed by atoms with Gasteiger partial charge in [0.1, 0.15) is 0 Å². The van der Waals surface area contributed by atoms with Gasteiger partial charge in [0.25, 0.3) is 0 Å². The molecule has 1 nitrogen and oxygen atoms in total. The van der Waals surface area contributed by atoms with E-state index in [0.29, 0.717) is 6.04 Å². The van der Waals surface area contributed by atoms with E-state index in [9.17, 15) is 0 Å². The lowest BCUT2D eigenvalue weighted by Gasteiger charge is -2.35. The molecule has 0 heterocycles. The molecule has 0 aliphatic heterocycles. The second-order valence-corrected chi connectivity index (χ2v) is 7.71. The second kappa shape index (κ2) is 7.79. The van der Waals surface area contributed by atoms with Gasteiger partial charge in [0.2, 0.25) is 0 Å². The van der Waals surface area contributed by atoms with Gasteiger partial charge < -0.3 is 5.73 Å². The van der Waals surface area contributed by atoms with E-state index in [1.54, 1.807) is 0 Å². The van der Waals surface area contributed by atoms with E-state index in [0.717, 1.165) is 17.1 Å². The van der Waals surface area contributed by atoms with E-state index < -0.39 is 0 Å². The van der Waals surface area contributed by atoms with Gasteiger partial charge in [-0.15, -0.1) is 0 Å². The first-order valence-corrected chi connectivity index (χ1v) is 9.23. The SMILES string of the molecule is CCC1CCCCC1C(N)CSC1CCCCC1. The van der Waals surface area contributed by atoms with Crippen LogP contribution in [0.2, 0.25) is 0 Å². The van der Waals surface area contributed by atoms with Crippen LogP contribution in [0.4, 0.5) is 0 Å². The second-order valence-electron chi connectivity index (χ2n) is 6.37. The Hall–Kier alpha value is 0.310. The third-order valence-electron chi connectivity index (χ3n) is 5.12. The Morgan fingerprint density at radius 1 is 1.00 bits per heavy atom. The largest absolute Gasteiger partial charge is 0.327 e. The summed E-state index contributed by atoms with van der Waals surface area (Å²) in [6.07, 6.45) is 14.3. The lowest BCUT2D eigenvalue weighted by Crippen LogP contribution is -2.39. The average Bonchev–Trinajstić information content (AvgIpc) is 2.45. The summed E-state index contributed by atoms with van der Waals surface area (Å²) in [6.45, 7) is 2.35. The van der Waals surface area contributed by atoms with E-state index in [1.807, 2.05) is 0 Å². The van der Waals surface area contributed by atoms with E-state index in [-0.39, 0.29) is 0 Å². The van der Waals surface area contributed by atoms with Crippen molar-refractivity contribution in [3.8, 4) is 0 Å². The Balaban J connectivity index is 1.73. The van der Waals surface area contributed by atoms with Crippen LogP contribution in [-0.4, -0.2) is 17.0 Å². The summed E-state index contributed by atoms with van der Waals surface area (Å²) in [4.78, 5) is 0. The molecule has 2 aliphatic rings. The molecule has 0 bridgehead atoms. The normalized spacial score (nSPS) is 32.3. The molecule has 2 aliphatic carbocycles. The fourth-order valence-electron chi connectivity index (χ4n) is 3.91. The van der Waals surface area contributed by atoms with Crippen LogP contribution in [-0.2, 0) is 0 Å². The molecule has 18 heavy (non-hydrogen) atoms. The number of rotatable bonds is 5. The Kier molecular flexibility index (Phi) is 6.37. The molecule has 3 atom stereocenters. The molecule has 0 radical (unpaired) electrons. The van der Waals surface area contributed by atoms with Gasteiger partial charge in [-0.3, -0.25) is 0 Å². The van der Waals surface area contributed by atoms with Crippen molar-refractivity contribution in [2.24, 2.45) is 17.6 Å². The number of nitrogens with two attached hydrogens (primary N) is 1. The fraction of sp³-hybridized carbons (Fsp3) is 1.00. The van der Waals surface area contributed by atoms with Crippen LogP contribution in [0.15, 0.2) is 0 Å². The smallest absolute Gasteiger partial charge is 0.0161 e. The molecule has 2 fully saturated rings. The van der Waals surface area contributed by atoms with Gasteiger partial charge in [0.15, 0.2) is 0 Å². The van der Waals surface area contributed by atoms with Gasteiger partial charge in [-0.1, -0.05) is 51.9 Å². The van der Waals surface area contributed by atoms with Crippen LogP contribution in [0, 0.1) is 11.8 Å². The highest BCUT2D eigenvalue weighted by Crippen LogP contribution is 2.36. The molecule has 2 N–H and O–H groups in total. The molecule has 0 aromatic carbocycles. The zero-order valence-electron chi connectivity index (χ0n) is 12.1. The zero-order valence-corrected chi connectivity index (χ0v) is 12.9. The van der Waals surface area contributed by atoms with Crippen molar-refractivity contribution in [1.82, 2.24) is 0 Å². The first-order valence-electron chi connectivity index (χ1n) is 8.18. The monoisotopic (exact) mass is 269 g/mol. The lowest BCUT2D eigenvalue weighted by molar-refractivity contribution is 0.204. The predicted molar refractivity (Wildman–Crippen MR) is 83.0 cm³/mol. The number of hydrogen-bond acceptors (Lipinski definition) is 2. The highest BCUT2D eigenvalue weighted by Gasteiger charge is 2.29. The number of hydrogen-bond donors (Lipinski definition) is 1. The summed E-state index contributed by atoms with van der Waals surface area (Å²) >= 11 is 2.19. The fourth-order valence-corrected chi connectivity index (χ4v) is 5.32. The summed E-state index contributed by atoms with van der Waals surface area (Å²) in [5.41, 5.74) is 6.51. The van der Waals surface area contributed by atoms with Gasteiger partial charge in [-0.25, -0.2) is 0 Å². The summed E-state index contributed by atoms with van der Waals surface area (Å²) in [6, 6.07) is 0.460. The van der Waals surface area contributed by atoms with Crippen LogP contribution in [0.25, 0.3) is 0 Å². The minimum absolute atomic E-state index is 0.460. The molecule has 2 rings (SSSR count). The van der Waals surface area contributed by atoms with Crippen molar-refractivity contribution >= 4 is 11.8 Å². The van der Waals surface area contributed by atoms with Crippen molar-refractivity contribution in [2.45, 2.75) is 82.4 Å². The summed E-state index contributed by atoms with van der Waals surface area (Å²) in [5, 5.41) is 0.925. The van der Waals surface area contributed by atoms with Crippen molar-refractivity contribution < 1.29 is 0 Å². The minimum Gasteiger partial charge on any atom is -0.327 e. The summed E-state index contributed by atoms with van der Waals surface area (Å²) in [7, 11) is 0. The number of thioether (sulfide) groups is 1. The minimum atomic E-state index is 0.460. The highest BCUT2D eigenvalue weighted by molar-refractivity contribution is 7.99. The van der Waals surface area contributed by atoms with E-state index in [4.69, 9.17) is 5.73 Å². The Morgan fingerprint density at radius 2 is 1.67 bits per heavy atom. The topological polar surface area (TPSA) is 26.0 Å². The van der Waals surface area contributed by atoms with Crippen LogP contribution in [0.5, 0.6) is 0 Å².